The summed E-state index contributed by atoms with van der Waals surface area (Å²) in [6.07, 6.45) is 6.24. The Bertz CT molecular complexity index is 635. The van der Waals surface area contributed by atoms with Crippen LogP contribution in [0.25, 0.3) is 0 Å². The van der Waals surface area contributed by atoms with Crippen LogP contribution >= 0.6 is 11.6 Å². The van der Waals surface area contributed by atoms with Gasteiger partial charge in [-0.3, -0.25) is 4.79 Å². The lowest BCUT2D eigenvalue weighted by atomic mass is 9.49. The lowest BCUT2D eigenvalue weighted by molar-refractivity contribution is -0.186. The van der Waals surface area contributed by atoms with Gasteiger partial charge in [0.05, 0.1) is 16.2 Å². The van der Waals surface area contributed by atoms with Gasteiger partial charge in [0.25, 0.3) is 5.91 Å². The van der Waals surface area contributed by atoms with E-state index in [2.05, 4.69) is 5.32 Å². The fourth-order valence-corrected chi connectivity index (χ4v) is 5.92. The Labute approximate surface area is 146 Å². The van der Waals surface area contributed by atoms with Crippen molar-refractivity contribution in [2.45, 2.75) is 37.7 Å². The van der Waals surface area contributed by atoms with Gasteiger partial charge < -0.3 is 10.1 Å². The maximum atomic E-state index is 13.2. The van der Waals surface area contributed by atoms with Crippen LogP contribution in [-0.2, 0) is 4.74 Å². The largest absolute Gasteiger partial charge is 0.376 e. The van der Waals surface area contributed by atoms with Crippen LogP contribution in [0.3, 0.4) is 0 Å². The summed E-state index contributed by atoms with van der Waals surface area (Å²) in [5.41, 5.74) is 0.0587. The third-order valence-electron chi connectivity index (χ3n) is 6.60. The van der Waals surface area contributed by atoms with Crippen LogP contribution in [0.2, 0.25) is 5.02 Å². The molecule has 4 fully saturated rings. The summed E-state index contributed by atoms with van der Waals surface area (Å²) in [7, 11) is 1.78. The highest BCUT2D eigenvalue weighted by Crippen LogP contribution is 2.59. The third-order valence-corrected chi connectivity index (χ3v) is 6.91. The summed E-state index contributed by atoms with van der Waals surface area (Å²) in [5.74, 6) is 2.05. The molecule has 4 bridgehead atoms. The molecule has 130 valence electrons. The van der Waals surface area contributed by atoms with Gasteiger partial charge in [0.1, 0.15) is 5.82 Å². The minimum Gasteiger partial charge on any atom is -0.376 e. The Morgan fingerprint density at radius 3 is 2.42 bits per heavy atom. The van der Waals surface area contributed by atoms with Crippen LogP contribution in [0.15, 0.2) is 18.2 Å². The van der Waals surface area contributed by atoms with E-state index in [1.165, 1.54) is 50.3 Å². The van der Waals surface area contributed by atoms with Crippen LogP contribution < -0.4 is 5.32 Å². The minimum absolute atomic E-state index is 0.143. The molecule has 0 aromatic heterocycles. The molecule has 5 rings (SSSR count). The zero-order valence-corrected chi connectivity index (χ0v) is 14.6. The standard InChI is InChI=1S/C19H23ClFNO2/c1-24-19(13-5-11-4-12(7-13)8-14(19)6-11)10-22-18(23)16-3-2-15(21)9-17(16)20/h2-3,9,11-14H,4-8,10H2,1H3,(H,22,23). The molecule has 0 spiro atoms. The third kappa shape index (κ3) is 2.55. The maximum Gasteiger partial charge on any atom is 0.252 e. The summed E-state index contributed by atoms with van der Waals surface area (Å²) >= 11 is 6.00. The number of hydrogen-bond donors (Lipinski definition) is 1. The van der Waals surface area contributed by atoms with Gasteiger partial charge in [0.2, 0.25) is 0 Å². The first-order valence-electron chi connectivity index (χ1n) is 8.80. The van der Waals surface area contributed by atoms with Crippen molar-refractivity contribution in [2.75, 3.05) is 13.7 Å². The Morgan fingerprint density at radius 1 is 1.25 bits per heavy atom. The van der Waals surface area contributed by atoms with Crippen molar-refractivity contribution in [3.63, 3.8) is 0 Å². The first-order valence-corrected chi connectivity index (χ1v) is 9.18. The van der Waals surface area contributed by atoms with E-state index in [0.717, 1.165) is 11.8 Å². The second-order valence-corrected chi connectivity index (χ2v) is 8.18. The summed E-state index contributed by atoms with van der Waals surface area (Å²) in [6, 6.07) is 3.87. The second kappa shape index (κ2) is 5.99. The highest BCUT2D eigenvalue weighted by molar-refractivity contribution is 6.33. The smallest absolute Gasteiger partial charge is 0.252 e. The first kappa shape index (κ1) is 16.3. The van der Waals surface area contributed by atoms with E-state index < -0.39 is 5.82 Å². The predicted molar refractivity (Wildman–Crippen MR) is 90.5 cm³/mol. The van der Waals surface area contributed by atoms with E-state index in [1.54, 1.807) is 7.11 Å². The molecule has 0 unspecified atom stereocenters. The molecule has 24 heavy (non-hydrogen) atoms. The molecule has 1 amide bonds. The molecular weight excluding hydrogens is 329 g/mol. The normalized spacial score (nSPS) is 36.8. The first-order chi connectivity index (χ1) is 11.5. The molecule has 1 aromatic rings. The number of halogens is 2. The zero-order valence-electron chi connectivity index (χ0n) is 13.9. The van der Waals surface area contributed by atoms with Gasteiger partial charge in [-0.15, -0.1) is 0 Å². The molecule has 0 saturated heterocycles. The van der Waals surface area contributed by atoms with E-state index >= 15 is 0 Å². The summed E-state index contributed by atoms with van der Waals surface area (Å²) in [6.45, 7) is 0.505. The van der Waals surface area contributed by atoms with E-state index in [-0.39, 0.29) is 16.5 Å². The van der Waals surface area contributed by atoms with E-state index in [4.69, 9.17) is 16.3 Å². The lowest BCUT2D eigenvalue weighted by Crippen LogP contribution is -2.63. The lowest BCUT2D eigenvalue weighted by Gasteiger charge is -2.60. The van der Waals surface area contributed by atoms with E-state index in [1.807, 2.05) is 0 Å². The predicted octanol–water partition coefficient (Wildman–Crippen LogP) is 4.05. The van der Waals surface area contributed by atoms with Crippen LogP contribution in [0.5, 0.6) is 0 Å². The Kier molecular flexibility index (Phi) is 4.08. The number of carbonyl (C=O) groups excluding carboxylic acids is 1. The van der Waals surface area contributed by atoms with Gasteiger partial charge in [-0.25, -0.2) is 4.39 Å². The number of carbonyl (C=O) groups is 1. The average molecular weight is 352 g/mol. The van der Waals surface area contributed by atoms with Crippen molar-refractivity contribution in [3.05, 3.63) is 34.6 Å². The average Bonchev–Trinajstić information content (AvgIpc) is 2.54. The highest BCUT2D eigenvalue weighted by atomic mass is 35.5. The summed E-state index contributed by atoms with van der Waals surface area (Å²) in [4.78, 5) is 12.5. The summed E-state index contributed by atoms with van der Waals surface area (Å²) in [5, 5.41) is 3.15. The monoisotopic (exact) mass is 351 g/mol. The topological polar surface area (TPSA) is 38.3 Å². The highest BCUT2D eigenvalue weighted by Gasteiger charge is 2.57. The molecule has 1 N–H and O–H groups in total. The number of benzene rings is 1. The van der Waals surface area contributed by atoms with Crippen LogP contribution in [0.4, 0.5) is 4.39 Å². The number of amides is 1. The fraction of sp³-hybridized carbons (Fsp3) is 0.632. The zero-order chi connectivity index (χ0) is 16.9. The van der Waals surface area contributed by atoms with Gasteiger partial charge in [0.15, 0.2) is 0 Å². The molecule has 0 aliphatic heterocycles. The molecule has 4 aliphatic rings. The van der Waals surface area contributed by atoms with E-state index in [9.17, 15) is 9.18 Å². The summed E-state index contributed by atoms with van der Waals surface area (Å²) < 4.78 is 19.2. The van der Waals surface area contributed by atoms with Crippen LogP contribution in [0, 0.1) is 29.5 Å². The Morgan fingerprint density at radius 2 is 1.88 bits per heavy atom. The van der Waals surface area contributed by atoms with Crippen molar-refractivity contribution >= 4 is 17.5 Å². The molecule has 0 radical (unpaired) electrons. The van der Waals surface area contributed by atoms with E-state index in [0.29, 0.717) is 23.9 Å². The number of methoxy groups -OCH3 is 1. The van der Waals surface area contributed by atoms with Crippen LogP contribution in [0.1, 0.15) is 42.5 Å². The molecule has 3 nitrogen and oxygen atoms in total. The molecule has 0 atom stereocenters. The molecule has 0 heterocycles. The van der Waals surface area contributed by atoms with Crippen molar-refractivity contribution in [1.29, 1.82) is 0 Å². The minimum atomic E-state index is -0.439. The van der Waals surface area contributed by atoms with Crippen molar-refractivity contribution in [1.82, 2.24) is 5.32 Å². The molecule has 1 aromatic carbocycles. The van der Waals surface area contributed by atoms with Crippen molar-refractivity contribution in [3.8, 4) is 0 Å². The number of nitrogens with one attached hydrogen (secondary N) is 1. The maximum absolute atomic E-state index is 13.2. The van der Waals surface area contributed by atoms with Crippen LogP contribution in [-0.4, -0.2) is 25.2 Å². The van der Waals surface area contributed by atoms with Gasteiger partial charge in [0, 0.05) is 13.7 Å². The SMILES string of the molecule is COC1(CNC(=O)c2ccc(F)cc2Cl)C2CC3CC(C2)CC1C3. The number of ether oxygens (including phenoxy) is 1. The van der Waals surface area contributed by atoms with Crippen molar-refractivity contribution in [2.24, 2.45) is 23.7 Å². The van der Waals surface area contributed by atoms with Gasteiger partial charge >= 0.3 is 0 Å². The Balaban J connectivity index is 1.50. The Hall–Kier alpha value is -1.13. The van der Waals surface area contributed by atoms with Gasteiger partial charge in [-0.2, -0.15) is 0 Å². The van der Waals surface area contributed by atoms with Gasteiger partial charge in [-0.1, -0.05) is 11.6 Å². The molecule has 4 aliphatic carbocycles. The fourth-order valence-electron chi connectivity index (χ4n) is 5.66. The van der Waals surface area contributed by atoms with Gasteiger partial charge in [-0.05, 0) is 74.0 Å². The molecular formula is C19H23ClFNO2. The molecule has 5 heteroatoms. The second-order valence-electron chi connectivity index (χ2n) is 7.77. The number of rotatable bonds is 4. The van der Waals surface area contributed by atoms with Crippen molar-refractivity contribution < 1.29 is 13.9 Å². The number of hydrogen-bond acceptors (Lipinski definition) is 2. The molecule has 4 saturated carbocycles. The quantitative estimate of drug-likeness (QED) is 0.888.